The van der Waals surface area contributed by atoms with Crippen LogP contribution in [-0.2, 0) is 6.61 Å². The highest BCUT2D eigenvalue weighted by molar-refractivity contribution is 5.88. The summed E-state index contributed by atoms with van der Waals surface area (Å²) >= 11 is 0. The molecule has 1 aliphatic rings. The minimum Gasteiger partial charge on any atom is -0.390 e. The molecule has 0 aliphatic carbocycles. The second-order valence-corrected chi connectivity index (χ2v) is 9.62. The third-order valence-electron chi connectivity index (χ3n) is 7.10. The molecule has 1 atom stereocenters. The summed E-state index contributed by atoms with van der Waals surface area (Å²) in [6, 6.07) is 16.2. The standard InChI is InChI=1S/C28H34N6O/c1-3-6-24(29)26-9-5-8-25(32-26)20-15-22(19-11-13-33(2)14-12-19)23-17-30-34(27(23)16-20)28-10-4-7-21(18-35)31-28/h4-5,7-10,15-17,19,24,35H,3,6,11-14,18,29H2,1-2H3/t24-/m0/s1. The molecule has 3 N–H and O–H groups in total. The molecule has 0 unspecified atom stereocenters. The molecule has 0 saturated carbocycles. The Bertz CT molecular complexity index is 1310. The first-order chi connectivity index (χ1) is 17.1. The lowest BCUT2D eigenvalue weighted by Crippen LogP contribution is -2.29. The second kappa shape index (κ2) is 10.2. The van der Waals surface area contributed by atoms with E-state index in [0.717, 1.165) is 66.6 Å². The molecule has 0 spiro atoms. The average molecular weight is 471 g/mol. The molecule has 7 heteroatoms. The van der Waals surface area contributed by atoms with Gasteiger partial charge in [-0.2, -0.15) is 5.10 Å². The molecular formula is C28H34N6O. The average Bonchev–Trinajstić information content (AvgIpc) is 3.33. The van der Waals surface area contributed by atoms with Gasteiger partial charge in [0.15, 0.2) is 5.82 Å². The first-order valence-electron chi connectivity index (χ1n) is 12.6. The summed E-state index contributed by atoms with van der Waals surface area (Å²) < 4.78 is 1.88. The predicted octanol–water partition coefficient (Wildman–Crippen LogP) is 4.58. The van der Waals surface area contributed by atoms with Gasteiger partial charge in [-0.25, -0.2) is 9.67 Å². The first-order valence-corrected chi connectivity index (χ1v) is 12.6. The number of piperidine rings is 1. The van der Waals surface area contributed by atoms with Gasteiger partial charge in [0.25, 0.3) is 0 Å². The fourth-order valence-electron chi connectivity index (χ4n) is 5.09. The number of nitrogens with zero attached hydrogens (tertiary/aromatic N) is 5. The quantitative estimate of drug-likeness (QED) is 0.411. The molecule has 182 valence electrons. The predicted molar refractivity (Wildman–Crippen MR) is 139 cm³/mol. The summed E-state index contributed by atoms with van der Waals surface area (Å²) in [7, 11) is 2.19. The Morgan fingerprint density at radius 1 is 1.09 bits per heavy atom. The maximum atomic E-state index is 9.60. The third-order valence-corrected chi connectivity index (χ3v) is 7.10. The van der Waals surface area contributed by atoms with Crippen molar-refractivity contribution in [2.45, 2.75) is 51.2 Å². The molecule has 0 amide bonds. The number of benzene rings is 1. The van der Waals surface area contributed by atoms with E-state index in [2.05, 4.69) is 48.1 Å². The third kappa shape index (κ3) is 4.85. The van der Waals surface area contributed by atoms with Crippen molar-refractivity contribution in [2.24, 2.45) is 5.73 Å². The number of fused-ring (bicyclic) bond motifs is 1. The normalized spacial score (nSPS) is 16.1. The molecular weight excluding hydrogens is 436 g/mol. The van der Waals surface area contributed by atoms with Gasteiger partial charge in [-0.3, -0.25) is 4.98 Å². The van der Waals surface area contributed by atoms with Crippen LogP contribution in [0.4, 0.5) is 0 Å². The van der Waals surface area contributed by atoms with E-state index < -0.39 is 0 Å². The molecule has 4 aromatic rings. The van der Waals surface area contributed by atoms with Crippen LogP contribution in [0.3, 0.4) is 0 Å². The van der Waals surface area contributed by atoms with Crippen LogP contribution in [0, 0.1) is 0 Å². The van der Waals surface area contributed by atoms with Crippen molar-refractivity contribution >= 4 is 10.9 Å². The number of hydrogen-bond donors (Lipinski definition) is 2. The summed E-state index contributed by atoms with van der Waals surface area (Å²) in [4.78, 5) is 12.0. The lowest BCUT2D eigenvalue weighted by Gasteiger charge is -2.29. The van der Waals surface area contributed by atoms with E-state index in [9.17, 15) is 5.11 Å². The Morgan fingerprint density at radius 2 is 1.89 bits per heavy atom. The van der Waals surface area contributed by atoms with E-state index in [1.54, 1.807) is 0 Å². The molecule has 1 aromatic carbocycles. The van der Waals surface area contributed by atoms with Crippen LogP contribution in [0.1, 0.15) is 61.5 Å². The molecule has 35 heavy (non-hydrogen) atoms. The largest absolute Gasteiger partial charge is 0.390 e. The fourth-order valence-corrected chi connectivity index (χ4v) is 5.09. The van der Waals surface area contributed by atoms with Crippen LogP contribution in [0.15, 0.2) is 54.7 Å². The van der Waals surface area contributed by atoms with Crippen molar-refractivity contribution < 1.29 is 5.11 Å². The molecule has 7 nitrogen and oxygen atoms in total. The maximum Gasteiger partial charge on any atom is 0.154 e. The van der Waals surface area contributed by atoms with Crippen molar-refractivity contribution in [3.63, 3.8) is 0 Å². The molecule has 4 heterocycles. The zero-order chi connectivity index (χ0) is 24.4. The number of rotatable bonds is 7. The molecule has 1 aliphatic heterocycles. The number of hydrogen-bond acceptors (Lipinski definition) is 6. The zero-order valence-electron chi connectivity index (χ0n) is 20.6. The molecule has 0 bridgehead atoms. The minimum atomic E-state index is -0.103. The van der Waals surface area contributed by atoms with Crippen LogP contribution in [0.25, 0.3) is 28.0 Å². The Labute approximate surface area is 206 Å². The van der Waals surface area contributed by atoms with Gasteiger partial charge in [0, 0.05) is 17.0 Å². The van der Waals surface area contributed by atoms with Crippen LogP contribution >= 0.6 is 0 Å². The zero-order valence-corrected chi connectivity index (χ0v) is 20.6. The highest BCUT2D eigenvalue weighted by Crippen LogP contribution is 2.37. The van der Waals surface area contributed by atoms with E-state index >= 15 is 0 Å². The van der Waals surface area contributed by atoms with Gasteiger partial charge >= 0.3 is 0 Å². The number of nitrogens with two attached hydrogens (primary N) is 1. The van der Waals surface area contributed by atoms with Gasteiger partial charge in [-0.05, 0) is 87.3 Å². The first kappa shape index (κ1) is 23.6. The van der Waals surface area contributed by atoms with Gasteiger partial charge in [0.05, 0.1) is 35.4 Å². The highest BCUT2D eigenvalue weighted by atomic mass is 16.3. The van der Waals surface area contributed by atoms with Crippen LogP contribution in [0.5, 0.6) is 0 Å². The minimum absolute atomic E-state index is 0.0621. The van der Waals surface area contributed by atoms with Gasteiger partial charge < -0.3 is 15.7 Å². The number of likely N-dealkylation sites (tertiary alicyclic amines) is 1. The van der Waals surface area contributed by atoms with Crippen molar-refractivity contribution in [1.29, 1.82) is 0 Å². The number of aliphatic hydroxyl groups is 1. The van der Waals surface area contributed by atoms with Crippen LogP contribution in [0.2, 0.25) is 0 Å². The SMILES string of the molecule is CCC[C@H](N)c1cccc(-c2cc(C3CCN(C)CC3)c3cnn(-c4cccc(CO)n4)c3c2)n1. The topological polar surface area (TPSA) is 93.1 Å². The van der Waals surface area contributed by atoms with Gasteiger partial charge in [0.1, 0.15) is 0 Å². The lowest BCUT2D eigenvalue weighted by molar-refractivity contribution is 0.256. The molecule has 0 radical (unpaired) electrons. The summed E-state index contributed by atoms with van der Waals surface area (Å²) in [5.74, 6) is 1.17. The summed E-state index contributed by atoms with van der Waals surface area (Å²) in [6.07, 6.45) is 6.14. The summed E-state index contributed by atoms with van der Waals surface area (Å²) in [5, 5.41) is 15.5. The summed E-state index contributed by atoms with van der Waals surface area (Å²) in [6.45, 7) is 4.22. The Kier molecular flexibility index (Phi) is 6.90. The van der Waals surface area contributed by atoms with E-state index in [1.807, 2.05) is 35.1 Å². The van der Waals surface area contributed by atoms with Crippen molar-refractivity contribution in [2.75, 3.05) is 20.1 Å². The van der Waals surface area contributed by atoms with Gasteiger partial charge in [0.2, 0.25) is 0 Å². The van der Waals surface area contributed by atoms with Crippen molar-refractivity contribution in [1.82, 2.24) is 24.6 Å². The van der Waals surface area contributed by atoms with Crippen LogP contribution < -0.4 is 5.73 Å². The Balaban J connectivity index is 1.66. The van der Waals surface area contributed by atoms with E-state index in [1.165, 1.54) is 5.56 Å². The lowest BCUT2D eigenvalue weighted by atomic mass is 9.86. The molecule has 1 saturated heterocycles. The smallest absolute Gasteiger partial charge is 0.154 e. The van der Waals surface area contributed by atoms with Crippen molar-refractivity contribution in [3.05, 3.63) is 71.7 Å². The molecule has 3 aromatic heterocycles. The Morgan fingerprint density at radius 3 is 2.66 bits per heavy atom. The number of pyridine rings is 2. The van der Waals surface area contributed by atoms with Gasteiger partial charge in [-0.1, -0.05) is 25.5 Å². The molecule has 5 rings (SSSR count). The molecule has 1 fully saturated rings. The summed E-state index contributed by atoms with van der Waals surface area (Å²) in [5.41, 5.74) is 12.3. The monoisotopic (exact) mass is 470 g/mol. The van der Waals surface area contributed by atoms with E-state index in [4.69, 9.17) is 15.8 Å². The highest BCUT2D eigenvalue weighted by Gasteiger charge is 2.23. The fraction of sp³-hybridized carbons (Fsp3) is 0.393. The van der Waals surface area contributed by atoms with Gasteiger partial charge in [-0.15, -0.1) is 0 Å². The number of aliphatic hydroxyl groups excluding tert-OH is 1. The Hall–Kier alpha value is -3.13. The number of aromatic nitrogens is 4. The second-order valence-electron chi connectivity index (χ2n) is 9.62. The van der Waals surface area contributed by atoms with Crippen molar-refractivity contribution in [3.8, 4) is 17.1 Å². The van der Waals surface area contributed by atoms with E-state index in [-0.39, 0.29) is 12.6 Å². The van der Waals surface area contributed by atoms with E-state index in [0.29, 0.717) is 17.4 Å². The maximum absolute atomic E-state index is 9.60. The van der Waals surface area contributed by atoms with Crippen LogP contribution in [-0.4, -0.2) is 49.9 Å².